The molecular formula is C20H24N2O2. The van der Waals surface area contributed by atoms with Crippen molar-refractivity contribution in [2.24, 2.45) is 0 Å². The summed E-state index contributed by atoms with van der Waals surface area (Å²) in [6.07, 6.45) is 3.30. The number of likely N-dealkylation sites (N-methyl/N-ethyl adjacent to an activating group) is 1. The summed E-state index contributed by atoms with van der Waals surface area (Å²) in [5.74, 6) is 0.626. The molecule has 0 saturated carbocycles. The number of hydrogen-bond acceptors (Lipinski definition) is 3. The molecule has 0 aromatic heterocycles. The van der Waals surface area contributed by atoms with Gasteiger partial charge in [-0.25, -0.2) is 0 Å². The molecule has 2 aromatic rings. The van der Waals surface area contributed by atoms with E-state index < -0.39 is 0 Å². The summed E-state index contributed by atoms with van der Waals surface area (Å²) in [4.78, 5) is 14.2. The number of benzene rings is 2. The van der Waals surface area contributed by atoms with Gasteiger partial charge >= 0.3 is 0 Å². The molecule has 0 radical (unpaired) electrons. The highest BCUT2D eigenvalue weighted by Crippen LogP contribution is 2.19. The van der Waals surface area contributed by atoms with Gasteiger partial charge in [0.05, 0.1) is 13.2 Å². The van der Waals surface area contributed by atoms with Crippen LogP contribution in [0.15, 0.2) is 60.7 Å². The van der Waals surface area contributed by atoms with Gasteiger partial charge in [-0.3, -0.25) is 4.79 Å². The topological polar surface area (TPSA) is 41.6 Å². The van der Waals surface area contributed by atoms with Crippen LogP contribution >= 0.6 is 0 Å². The van der Waals surface area contributed by atoms with Crippen molar-refractivity contribution >= 4 is 12.0 Å². The minimum absolute atomic E-state index is 0.122. The van der Waals surface area contributed by atoms with Crippen molar-refractivity contribution in [1.82, 2.24) is 10.2 Å². The fourth-order valence-electron chi connectivity index (χ4n) is 2.50. The molecule has 4 nitrogen and oxygen atoms in total. The van der Waals surface area contributed by atoms with E-state index in [1.54, 1.807) is 13.2 Å². The Bertz CT molecular complexity index is 681. The van der Waals surface area contributed by atoms with Crippen molar-refractivity contribution in [3.63, 3.8) is 0 Å². The van der Waals surface area contributed by atoms with E-state index in [1.807, 2.05) is 56.6 Å². The maximum absolute atomic E-state index is 12.1. The lowest BCUT2D eigenvalue weighted by molar-refractivity contribution is -0.116. The van der Waals surface area contributed by atoms with Gasteiger partial charge in [-0.1, -0.05) is 48.5 Å². The third kappa shape index (κ3) is 4.96. The van der Waals surface area contributed by atoms with Crippen LogP contribution in [0.3, 0.4) is 0 Å². The van der Waals surface area contributed by atoms with Crippen LogP contribution in [-0.2, 0) is 4.79 Å². The second-order valence-electron chi connectivity index (χ2n) is 5.71. The normalized spacial score (nSPS) is 12.3. The van der Waals surface area contributed by atoms with E-state index in [9.17, 15) is 4.79 Å². The zero-order chi connectivity index (χ0) is 17.4. The van der Waals surface area contributed by atoms with E-state index in [1.165, 1.54) is 11.6 Å². The molecule has 1 unspecified atom stereocenters. The largest absolute Gasteiger partial charge is 0.496 e. The second kappa shape index (κ2) is 8.89. The van der Waals surface area contributed by atoms with E-state index in [-0.39, 0.29) is 11.9 Å². The fourth-order valence-corrected chi connectivity index (χ4v) is 2.50. The van der Waals surface area contributed by atoms with E-state index in [4.69, 9.17) is 4.74 Å². The van der Waals surface area contributed by atoms with Gasteiger partial charge in [0, 0.05) is 18.2 Å². The van der Waals surface area contributed by atoms with Crippen LogP contribution in [0, 0.1) is 0 Å². The summed E-state index contributed by atoms with van der Waals surface area (Å²) in [7, 11) is 5.64. The number of rotatable bonds is 7. The molecular weight excluding hydrogens is 300 g/mol. The average Bonchev–Trinajstić information content (AvgIpc) is 2.61. The molecule has 2 rings (SSSR count). The molecule has 0 fully saturated rings. The van der Waals surface area contributed by atoms with Crippen LogP contribution in [0.25, 0.3) is 6.08 Å². The maximum Gasteiger partial charge on any atom is 0.244 e. The second-order valence-corrected chi connectivity index (χ2v) is 5.71. The van der Waals surface area contributed by atoms with Crippen molar-refractivity contribution < 1.29 is 9.53 Å². The molecule has 0 bridgehead atoms. The summed E-state index contributed by atoms with van der Waals surface area (Å²) < 4.78 is 5.28. The highest BCUT2D eigenvalue weighted by Gasteiger charge is 2.14. The monoisotopic (exact) mass is 324 g/mol. The van der Waals surface area contributed by atoms with Gasteiger partial charge in [-0.15, -0.1) is 0 Å². The smallest absolute Gasteiger partial charge is 0.244 e. The zero-order valence-electron chi connectivity index (χ0n) is 14.4. The van der Waals surface area contributed by atoms with Crippen molar-refractivity contribution in [3.8, 4) is 5.75 Å². The standard InChI is InChI=1S/C20H24N2O2/c1-22(2)18(16-9-5-4-6-10-16)15-21-20(23)14-13-17-11-7-8-12-19(17)24-3/h4-14,18H,15H2,1-3H3,(H,21,23)/b14-13+. The van der Waals surface area contributed by atoms with Crippen LogP contribution in [-0.4, -0.2) is 38.6 Å². The maximum atomic E-state index is 12.1. The minimum Gasteiger partial charge on any atom is -0.496 e. The Hall–Kier alpha value is -2.59. The lowest BCUT2D eigenvalue weighted by Crippen LogP contribution is -2.33. The van der Waals surface area contributed by atoms with Crippen LogP contribution in [0.4, 0.5) is 0 Å². The number of hydrogen-bond donors (Lipinski definition) is 1. The van der Waals surface area contributed by atoms with Gasteiger partial charge in [0.15, 0.2) is 0 Å². The Balaban J connectivity index is 1.97. The molecule has 0 aliphatic carbocycles. The Morgan fingerprint density at radius 3 is 2.46 bits per heavy atom. The third-order valence-corrected chi connectivity index (χ3v) is 3.83. The first kappa shape index (κ1) is 17.8. The van der Waals surface area contributed by atoms with Gasteiger partial charge < -0.3 is 15.0 Å². The van der Waals surface area contributed by atoms with Crippen molar-refractivity contribution in [3.05, 3.63) is 71.8 Å². The van der Waals surface area contributed by atoms with Gasteiger partial charge in [-0.05, 0) is 31.8 Å². The number of amides is 1. The SMILES string of the molecule is COc1ccccc1/C=C/C(=O)NCC(c1ccccc1)N(C)C. The number of carbonyl (C=O) groups excluding carboxylic acids is 1. The lowest BCUT2D eigenvalue weighted by Gasteiger charge is -2.24. The summed E-state index contributed by atoms with van der Waals surface area (Å²) in [6, 6.07) is 17.9. The molecule has 1 N–H and O–H groups in total. The first-order valence-corrected chi connectivity index (χ1v) is 7.92. The molecule has 1 amide bonds. The molecule has 0 spiro atoms. The average molecular weight is 324 g/mol. The Morgan fingerprint density at radius 2 is 1.79 bits per heavy atom. The number of para-hydroxylation sites is 1. The van der Waals surface area contributed by atoms with Crippen LogP contribution in [0.2, 0.25) is 0 Å². The van der Waals surface area contributed by atoms with Crippen molar-refractivity contribution in [1.29, 1.82) is 0 Å². The highest BCUT2D eigenvalue weighted by atomic mass is 16.5. The quantitative estimate of drug-likeness (QED) is 0.796. The molecule has 1 atom stereocenters. The van der Waals surface area contributed by atoms with Crippen molar-refractivity contribution in [2.45, 2.75) is 6.04 Å². The predicted octanol–water partition coefficient (Wildman–Crippen LogP) is 3.13. The van der Waals surface area contributed by atoms with E-state index >= 15 is 0 Å². The van der Waals surface area contributed by atoms with Crippen LogP contribution in [0.1, 0.15) is 17.2 Å². The molecule has 0 aliphatic heterocycles. The van der Waals surface area contributed by atoms with E-state index in [2.05, 4.69) is 22.3 Å². The number of carbonyl (C=O) groups is 1. The Labute approximate surface area is 143 Å². The zero-order valence-corrected chi connectivity index (χ0v) is 14.4. The third-order valence-electron chi connectivity index (χ3n) is 3.83. The first-order chi connectivity index (χ1) is 11.6. The molecule has 0 heterocycles. The van der Waals surface area contributed by atoms with Gasteiger partial charge in [0.1, 0.15) is 5.75 Å². The molecule has 126 valence electrons. The molecule has 2 aromatic carbocycles. The first-order valence-electron chi connectivity index (χ1n) is 7.92. The molecule has 0 saturated heterocycles. The van der Waals surface area contributed by atoms with Crippen LogP contribution < -0.4 is 10.1 Å². The van der Waals surface area contributed by atoms with E-state index in [0.29, 0.717) is 6.54 Å². The van der Waals surface area contributed by atoms with Gasteiger partial charge in [0.25, 0.3) is 0 Å². The number of methoxy groups -OCH3 is 1. The summed E-state index contributed by atoms with van der Waals surface area (Å²) in [6.45, 7) is 0.548. The Kier molecular flexibility index (Phi) is 6.58. The Morgan fingerprint density at radius 1 is 1.12 bits per heavy atom. The summed E-state index contributed by atoms with van der Waals surface area (Å²) in [5.41, 5.74) is 2.05. The fraction of sp³-hybridized carbons (Fsp3) is 0.250. The summed E-state index contributed by atoms with van der Waals surface area (Å²) >= 11 is 0. The summed E-state index contributed by atoms with van der Waals surface area (Å²) in [5, 5.41) is 2.96. The molecule has 24 heavy (non-hydrogen) atoms. The predicted molar refractivity (Wildman–Crippen MR) is 97.9 cm³/mol. The van der Waals surface area contributed by atoms with Gasteiger partial charge in [-0.2, -0.15) is 0 Å². The van der Waals surface area contributed by atoms with Gasteiger partial charge in [0.2, 0.25) is 5.91 Å². The highest BCUT2D eigenvalue weighted by molar-refractivity contribution is 5.92. The van der Waals surface area contributed by atoms with Crippen molar-refractivity contribution in [2.75, 3.05) is 27.7 Å². The number of nitrogens with one attached hydrogen (secondary N) is 1. The van der Waals surface area contributed by atoms with Crippen LogP contribution in [0.5, 0.6) is 5.75 Å². The number of ether oxygens (including phenoxy) is 1. The van der Waals surface area contributed by atoms with E-state index in [0.717, 1.165) is 11.3 Å². The lowest BCUT2D eigenvalue weighted by atomic mass is 10.1. The molecule has 0 aliphatic rings. The molecule has 4 heteroatoms. The minimum atomic E-state index is -0.122. The number of nitrogens with zero attached hydrogens (tertiary/aromatic N) is 1.